The van der Waals surface area contributed by atoms with Gasteiger partial charge in [-0.1, -0.05) is 34.1 Å². The van der Waals surface area contributed by atoms with E-state index in [4.69, 9.17) is 9.84 Å². The Hall–Kier alpha value is -1.46. The molecule has 1 heterocycles. The van der Waals surface area contributed by atoms with Crippen molar-refractivity contribution in [1.29, 1.82) is 0 Å². The molecule has 0 atom stereocenters. The first kappa shape index (κ1) is 12.0. The largest absolute Gasteiger partial charge is 0.488 e. The van der Waals surface area contributed by atoms with Crippen molar-refractivity contribution in [3.63, 3.8) is 0 Å². The third-order valence-electron chi connectivity index (χ3n) is 2.10. The molecule has 0 unspecified atom stereocenters. The van der Waals surface area contributed by atoms with E-state index < -0.39 is 0 Å². The van der Waals surface area contributed by atoms with Gasteiger partial charge in [0.05, 0.1) is 19.0 Å². The molecule has 1 N–H and O–H groups in total. The molecular formula is C12H11BrN2O2. The van der Waals surface area contributed by atoms with Crippen LogP contribution in [-0.2, 0) is 0 Å². The summed E-state index contributed by atoms with van der Waals surface area (Å²) in [6.45, 7) is 0.226. The number of aliphatic hydroxyl groups is 1. The normalized spacial score (nSPS) is 10.2. The molecule has 0 aliphatic heterocycles. The molecule has 0 radical (unpaired) electrons. The number of halogens is 1. The smallest absolute Gasteiger partial charge is 0.160 e. The van der Waals surface area contributed by atoms with Crippen molar-refractivity contribution in [2.45, 2.75) is 0 Å². The predicted octanol–water partition coefficient (Wildman–Crippen LogP) is 2.28. The fourth-order valence-corrected chi connectivity index (χ4v) is 1.80. The van der Waals surface area contributed by atoms with Gasteiger partial charge in [-0.25, -0.2) is 9.97 Å². The number of rotatable bonds is 4. The Morgan fingerprint density at radius 2 is 1.88 bits per heavy atom. The van der Waals surface area contributed by atoms with Crippen molar-refractivity contribution in [2.24, 2.45) is 0 Å². The van der Waals surface area contributed by atoms with Gasteiger partial charge in [0.15, 0.2) is 11.6 Å². The van der Waals surface area contributed by atoms with Gasteiger partial charge in [0.25, 0.3) is 0 Å². The average molecular weight is 295 g/mol. The number of nitrogens with zero attached hydrogens (tertiary/aromatic N) is 2. The number of aromatic nitrogens is 2. The lowest BCUT2D eigenvalue weighted by atomic mass is 10.2. The fourth-order valence-electron chi connectivity index (χ4n) is 1.34. The first-order chi connectivity index (χ1) is 8.31. The second-order valence-corrected chi connectivity index (χ2v) is 4.15. The maximum absolute atomic E-state index is 8.62. The zero-order valence-electron chi connectivity index (χ0n) is 9.01. The van der Waals surface area contributed by atoms with Crippen molar-refractivity contribution in [3.05, 3.63) is 41.1 Å². The van der Waals surface area contributed by atoms with Crippen molar-refractivity contribution in [1.82, 2.24) is 9.97 Å². The van der Waals surface area contributed by atoms with Gasteiger partial charge in [-0.05, 0) is 6.07 Å². The summed E-state index contributed by atoms with van der Waals surface area (Å²) in [5, 5.41) is 8.62. The Kier molecular flexibility index (Phi) is 4.06. The molecule has 0 fully saturated rings. The van der Waals surface area contributed by atoms with Crippen LogP contribution in [0.5, 0.6) is 5.75 Å². The van der Waals surface area contributed by atoms with Crippen LogP contribution in [0.15, 0.2) is 41.1 Å². The quantitative estimate of drug-likeness (QED) is 0.940. The minimum atomic E-state index is -0.0218. The van der Waals surface area contributed by atoms with Crippen LogP contribution in [0.2, 0.25) is 0 Å². The summed E-state index contributed by atoms with van der Waals surface area (Å²) < 4.78 is 6.14. The average Bonchev–Trinajstić information content (AvgIpc) is 2.38. The van der Waals surface area contributed by atoms with Crippen LogP contribution in [0, 0.1) is 0 Å². The highest BCUT2D eigenvalue weighted by atomic mass is 79.9. The summed E-state index contributed by atoms with van der Waals surface area (Å²) >= 11 is 3.45. The van der Waals surface area contributed by atoms with Gasteiger partial charge in [-0.3, -0.25) is 0 Å². The summed E-state index contributed by atoms with van der Waals surface area (Å²) in [6, 6.07) is 7.74. The second kappa shape index (κ2) is 5.75. The first-order valence-electron chi connectivity index (χ1n) is 5.12. The SMILES string of the molecule is OCCOc1cnc(-c2ccccc2Br)nc1. The maximum Gasteiger partial charge on any atom is 0.160 e. The number of aliphatic hydroxyl groups excluding tert-OH is 1. The van der Waals surface area contributed by atoms with Gasteiger partial charge in [0.2, 0.25) is 0 Å². The van der Waals surface area contributed by atoms with E-state index in [1.165, 1.54) is 0 Å². The summed E-state index contributed by atoms with van der Waals surface area (Å²) in [6.07, 6.45) is 3.19. The van der Waals surface area contributed by atoms with Crippen LogP contribution in [0.4, 0.5) is 0 Å². The third kappa shape index (κ3) is 3.01. The Balaban J connectivity index is 2.21. The van der Waals surface area contributed by atoms with Gasteiger partial charge in [0, 0.05) is 10.0 Å². The van der Waals surface area contributed by atoms with E-state index in [2.05, 4.69) is 25.9 Å². The molecule has 0 amide bonds. The summed E-state index contributed by atoms with van der Waals surface area (Å²) in [5.74, 6) is 1.18. The van der Waals surface area contributed by atoms with E-state index in [0.29, 0.717) is 11.6 Å². The minimum Gasteiger partial charge on any atom is -0.488 e. The predicted molar refractivity (Wildman–Crippen MR) is 67.7 cm³/mol. The van der Waals surface area contributed by atoms with Crippen LogP contribution >= 0.6 is 15.9 Å². The van der Waals surface area contributed by atoms with E-state index in [9.17, 15) is 0 Å². The van der Waals surface area contributed by atoms with E-state index in [0.717, 1.165) is 10.0 Å². The highest BCUT2D eigenvalue weighted by Crippen LogP contribution is 2.25. The van der Waals surface area contributed by atoms with Crippen molar-refractivity contribution >= 4 is 15.9 Å². The van der Waals surface area contributed by atoms with Crippen molar-refractivity contribution in [2.75, 3.05) is 13.2 Å². The zero-order valence-corrected chi connectivity index (χ0v) is 10.6. The number of benzene rings is 1. The molecular weight excluding hydrogens is 284 g/mol. The lowest BCUT2D eigenvalue weighted by molar-refractivity contribution is 0.200. The Bertz CT molecular complexity index is 488. The molecule has 0 saturated heterocycles. The minimum absolute atomic E-state index is 0.0218. The molecule has 2 rings (SSSR count). The monoisotopic (exact) mass is 294 g/mol. The van der Waals surface area contributed by atoms with Crippen LogP contribution in [0.3, 0.4) is 0 Å². The van der Waals surface area contributed by atoms with E-state index in [1.54, 1.807) is 12.4 Å². The van der Waals surface area contributed by atoms with Crippen LogP contribution < -0.4 is 4.74 Å². The van der Waals surface area contributed by atoms with E-state index in [1.807, 2.05) is 24.3 Å². The van der Waals surface area contributed by atoms with Gasteiger partial charge < -0.3 is 9.84 Å². The highest BCUT2D eigenvalue weighted by Gasteiger charge is 2.05. The lowest BCUT2D eigenvalue weighted by Crippen LogP contribution is -2.02. The molecule has 4 nitrogen and oxygen atoms in total. The fraction of sp³-hybridized carbons (Fsp3) is 0.167. The Labute approximate surface area is 107 Å². The summed E-state index contributed by atoms with van der Waals surface area (Å²) in [5.41, 5.74) is 0.932. The molecule has 0 aliphatic carbocycles. The first-order valence-corrected chi connectivity index (χ1v) is 5.91. The van der Waals surface area contributed by atoms with Gasteiger partial charge in [0.1, 0.15) is 6.61 Å². The van der Waals surface area contributed by atoms with Crippen molar-refractivity contribution in [3.8, 4) is 17.1 Å². The molecule has 0 saturated carbocycles. The molecule has 2 aromatic rings. The standard InChI is InChI=1S/C12H11BrN2O2/c13-11-4-2-1-3-10(11)12-14-7-9(8-15-12)17-6-5-16/h1-4,7-8,16H,5-6H2. The van der Waals surface area contributed by atoms with Gasteiger partial charge in [-0.15, -0.1) is 0 Å². The maximum atomic E-state index is 8.62. The number of ether oxygens (including phenoxy) is 1. The van der Waals surface area contributed by atoms with Crippen LogP contribution in [0.25, 0.3) is 11.4 Å². The summed E-state index contributed by atoms with van der Waals surface area (Å²) in [4.78, 5) is 8.43. The Morgan fingerprint density at radius 3 is 2.53 bits per heavy atom. The zero-order chi connectivity index (χ0) is 12.1. The molecule has 0 spiro atoms. The van der Waals surface area contributed by atoms with Gasteiger partial charge in [-0.2, -0.15) is 0 Å². The molecule has 0 aliphatic rings. The molecule has 5 heteroatoms. The molecule has 0 bridgehead atoms. The van der Waals surface area contributed by atoms with E-state index in [-0.39, 0.29) is 13.2 Å². The molecule has 1 aromatic carbocycles. The molecule has 17 heavy (non-hydrogen) atoms. The molecule has 1 aromatic heterocycles. The highest BCUT2D eigenvalue weighted by molar-refractivity contribution is 9.10. The van der Waals surface area contributed by atoms with Crippen LogP contribution in [0.1, 0.15) is 0 Å². The number of hydrogen-bond donors (Lipinski definition) is 1. The third-order valence-corrected chi connectivity index (χ3v) is 2.79. The van der Waals surface area contributed by atoms with Gasteiger partial charge >= 0.3 is 0 Å². The topological polar surface area (TPSA) is 55.2 Å². The summed E-state index contributed by atoms with van der Waals surface area (Å²) in [7, 11) is 0. The van der Waals surface area contributed by atoms with Crippen LogP contribution in [-0.4, -0.2) is 28.3 Å². The Morgan fingerprint density at radius 1 is 1.18 bits per heavy atom. The molecule has 88 valence electrons. The van der Waals surface area contributed by atoms with Crippen molar-refractivity contribution < 1.29 is 9.84 Å². The van der Waals surface area contributed by atoms with E-state index >= 15 is 0 Å². The number of hydrogen-bond acceptors (Lipinski definition) is 4. The lowest BCUT2D eigenvalue weighted by Gasteiger charge is -2.05. The second-order valence-electron chi connectivity index (χ2n) is 3.29.